The number of anilines is 1. The maximum atomic E-state index is 12.8. The standard InChI is InChI=1S/C13H13F3N2O2/c1-3-5-9(4-2)17-10-6-7-12(18(19)20)11(8-10)13(14,15)16/h1,6-9,17H,4-5H2,2H3. The molecule has 0 saturated carbocycles. The maximum absolute atomic E-state index is 12.8. The third kappa shape index (κ3) is 3.88. The van der Waals surface area contributed by atoms with Gasteiger partial charge in [-0.3, -0.25) is 10.1 Å². The fourth-order valence-electron chi connectivity index (χ4n) is 1.69. The van der Waals surface area contributed by atoms with E-state index in [1.807, 2.05) is 6.92 Å². The van der Waals surface area contributed by atoms with Crippen LogP contribution in [0.15, 0.2) is 18.2 Å². The van der Waals surface area contributed by atoms with E-state index in [-0.39, 0.29) is 11.7 Å². The molecule has 1 unspecified atom stereocenters. The summed E-state index contributed by atoms with van der Waals surface area (Å²) < 4.78 is 38.4. The molecule has 1 aromatic carbocycles. The van der Waals surface area contributed by atoms with Gasteiger partial charge in [-0.15, -0.1) is 12.3 Å². The van der Waals surface area contributed by atoms with Gasteiger partial charge in [0.1, 0.15) is 5.56 Å². The van der Waals surface area contributed by atoms with Gasteiger partial charge in [-0.1, -0.05) is 6.92 Å². The van der Waals surface area contributed by atoms with Crippen LogP contribution in [0, 0.1) is 22.5 Å². The molecule has 7 heteroatoms. The largest absolute Gasteiger partial charge is 0.423 e. The Labute approximate surface area is 114 Å². The van der Waals surface area contributed by atoms with Crippen molar-refractivity contribution < 1.29 is 18.1 Å². The average molecular weight is 286 g/mol. The summed E-state index contributed by atoms with van der Waals surface area (Å²) in [5.74, 6) is 2.42. The molecule has 0 aliphatic rings. The molecule has 0 radical (unpaired) electrons. The van der Waals surface area contributed by atoms with E-state index in [4.69, 9.17) is 6.42 Å². The van der Waals surface area contributed by atoms with Gasteiger partial charge in [-0.05, 0) is 18.6 Å². The predicted octanol–water partition coefficient (Wildman–Crippen LogP) is 3.83. The minimum absolute atomic E-state index is 0.157. The molecule has 0 amide bonds. The van der Waals surface area contributed by atoms with Crippen molar-refractivity contribution >= 4 is 11.4 Å². The zero-order chi connectivity index (χ0) is 15.3. The van der Waals surface area contributed by atoms with E-state index in [1.54, 1.807) is 0 Å². The number of nitrogens with zero attached hydrogens (tertiary/aromatic N) is 1. The first-order chi connectivity index (χ1) is 9.29. The highest BCUT2D eigenvalue weighted by Crippen LogP contribution is 2.37. The summed E-state index contributed by atoms with van der Waals surface area (Å²) in [4.78, 5) is 9.57. The number of terminal acetylenes is 1. The van der Waals surface area contributed by atoms with Crippen LogP contribution in [0.2, 0.25) is 0 Å². The number of nitrogens with one attached hydrogen (secondary N) is 1. The van der Waals surface area contributed by atoms with Crippen molar-refractivity contribution in [3.8, 4) is 12.3 Å². The van der Waals surface area contributed by atoms with Crippen LogP contribution in [-0.4, -0.2) is 11.0 Å². The minimum Gasteiger partial charge on any atom is -0.381 e. The first kappa shape index (κ1) is 15.8. The zero-order valence-corrected chi connectivity index (χ0v) is 10.7. The number of nitro benzene ring substituents is 1. The van der Waals surface area contributed by atoms with Gasteiger partial charge in [0.25, 0.3) is 5.69 Å². The van der Waals surface area contributed by atoms with Gasteiger partial charge in [0.05, 0.1) is 4.92 Å². The van der Waals surface area contributed by atoms with Crippen LogP contribution >= 0.6 is 0 Å². The van der Waals surface area contributed by atoms with Crippen molar-refractivity contribution in [1.29, 1.82) is 0 Å². The van der Waals surface area contributed by atoms with E-state index in [0.717, 1.165) is 12.1 Å². The first-order valence-corrected chi connectivity index (χ1v) is 5.85. The molecule has 1 aromatic rings. The molecule has 20 heavy (non-hydrogen) atoms. The fraction of sp³-hybridized carbons (Fsp3) is 0.385. The smallest absolute Gasteiger partial charge is 0.381 e. The molecule has 108 valence electrons. The van der Waals surface area contributed by atoms with Crippen LogP contribution in [0.25, 0.3) is 0 Å². The third-order valence-corrected chi connectivity index (χ3v) is 2.73. The molecule has 0 bridgehead atoms. The predicted molar refractivity (Wildman–Crippen MR) is 69.3 cm³/mol. The second-order valence-corrected chi connectivity index (χ2v) is 4.14. The molecule has 0 aliphatic heterocycles. The van der Waals surface area contributed by atoms with Crippen LogP contribution in [0.4, 0.5) is 24.5 Å². The van der Waals surface area contributed by atoms with Gasteiger partial charge in [-0.2, -0.15) is 13.2 Å². The van der Waals surface area contributed by atoms with Crippen LogP contribution in [0.5, 0.6) is 0 Å². The lowest BCUT2D eigenvalue weighted by Gasteiger charge is -2.17. The highest BCUT2D eigenvalue weighted by atomic mass is 19.4. The van der Waals surface area contributed by atoms with Gasteiger partial charge in [0.15, 0.2) is 0 Å². The highest BCUT2D eigenvalue weighted by Gasteiger charge is 2.38. The molecule has 0 aliphatic carbocycles. The maximum Gasteiger partial charge on any atom is 0.423 e. The molecule has 0 fully saturated rings. The molecular formula is C13H13F3N2O2. The van der Waals surface area contributed by atoms with Crippen molar-refractivity contribution in [2.24, 2.45) is 0 Å². The Morgan fingerprint density at radius 2 is 2.15 bits per heavy atom. The Hall–Kier alpha value is -2.23. The van der Waals surface area contributed by atoms with E-state index in [9.17, 15) is 23.3 Å². The zero-order valence-electron chi connectivity index (χ0n) is 10.7. The number of hydrogen-bond acceptors (Lipinski definition) is 3. The summed E-state index contributed by atoms with van der Waals surface area (Å²) in [7, 11) is 0. The normalized spacial score (nSPS) is 12.6. The molecule has 0 aromatic heterocycles. The summed E-state index contributed by atoms with van der Waals surface area (Å²) in [6, 6.07) is 2.64. The lowest BCUT2D eigenvalue weighted by molar-refractivity contribution is -0.388. The molecule has 0 heterocycles. The monoisotopic (exact) mass is 286 g/mol. The summed E-state index contributed by atoms with van der Waals surface area (Å²) in [6.45, 7) is 1.84. The van der Waals surface area contributed by atoms with Crippen molar-refractivity contribution in [2.45, 2.75) is 32.0 Å². The second-order valence-electron chi connectivity index (χ2n) is 4.14. The number of hydrogen-bond donors (Lipinski definition) is 1. The number of halogens is 3. The molecular weight excluding hydrogens is 273 g/mol. The number of benzene rings is 1. The van der Waals surface area contributed by atoms with Crippen molar-refractivity contribution in [3.05, 3.63) is 33.9 Å². The van der Waals surface area contributed by atoms with Crippen LogP contribution in [-0.2, 0) is 6.18 Å². The van der Waals surface area contributed by atoms with E-state index in [2.05, 4.69) is 11.2 Å². The summed E-state index contributed by atoms with van der Waals surface area (Å²) in [6.07, 6.45) is 1.36. The van der Waals surface area contributed by atoms with Gasteiger partial charge >= 0.3 is 6.18 Å². The molecule has 1 rings (SSSR count). The molecule has 1 N–H and O–H groups in total. The highest BCUT2D eigenvalue weighted by molar-refractivity contribution is 5.55. The lowest BCUT2D eigenvalue weighted by Crippen LogP contribution is -2.18. The van der Waals surface area contributed by atoms with E-state index < -0.39 is 22.4 Å². The second kappa shape index (κ2) is 6.28. The van der Waals surface area contributed by atoms with E-state index in [0.29, 0.717) is 12.8 Å². The van der Waals surface area contributed by atoms with Crippen LogP contribution in [0.1, 0.15) is 25.3 Å². The lowest BCUT2D eigenvalue weighted by atomic mass is 10.1. The quantitative estimate of drug-likeness (QED) is 0.508. The van der Waals surface area contributed by atoms with Crippen molar-refractivity contribution in [3.63, 3.8) is 0 Å². The van der Waals surface area contributed by atoms with E-state index >= 15 is 0 Å². The summed E-state index contributed by atoms with van der Waals surface area (Å²) in [5, 5.41) is 13.5. The topological polar surface area (TPSA) is 55.2 Å². The summed E-state index contributed by atoms with van der Waals surface area (Å²) >= 11 is 0. The first-order valence-electron chi connectivity index (χ1n) is 5.85. The number of alkyl halides is 3. The van der Waals surface area contributed by atoms with Crippen LogP contribution < -0.4 is 5.32 Å². The van der Waals surface area contributed by atoms with Crippen molar-refractivity contribution in [1.82, 2.24) is 0 Å². The third-order valence-electron chi connectivity index (χ3n) is 2.73. The Balaban J connectivity index is 3.13. The van der Waals surface area contributed by atoms with Gasteiger partial charge in [-0.25, -0.2) is 0 Å². The van der Waals surface area contributed by atoms with Gasteiger partial charge in [0.2, 0.25) is 0 Å². The Kier molecular flexibility index (Phi) is 4.97. The molecule has 4 nitrogen and oxygen atoms in total. The van der Waals surface area contributed by atoms with Gasteiger partial charge < -0.3 is 5.32 Å². The molecule has 1 atom stereocenters. The number of nitro groups is 1. The fourth-order valence-corrected chi connectivity index (χ4v) is 1.69. The Morgan fingerprint density at radius 1 is 1.50 bits per heavy atom. The van der Waals surface area contributed by atoms with Gasteiger partial charge in [0, 0.05) is 24.2 Å². The van der Waals surface area contributed by atoms with Crippen molar-refractivity contribution in [2.75, 3.05) is 5.32 Å². The number of rotatable bonds is 5. The van der Waals surface area contributed by atoms with E-state index in [1.165, 1.54) is 6.07 Å². The Bertz CT molecular complexity index is 535. The summed E-state index contributed by atoms with van der Waals surface area (Å²) in [5.41, 5.74) is -2.08. The Morgan fingerprint density at radius 3 is 2.60 bits per heavy atom. The average Bonchev–Trinajstić information content (AvgIpc) is 2.36. The SMILES string of the molecule is C#CCC(CC)Nc1ccc([N+](=O)[O-])c(C(F)(F)F)c1. The molecule has 0 spiro atoms. The molecule has 0 saturated heterocycles. The minimum atomic E-state index is -4.78. The van der Waals surface area contributed by atoms with Crippen LogP contribution in [0.3, 0.4) is 0 Å².